The smallest absolute Gasteiger partial charge is 0.318 e. The van der Waals surface area contributed by atoms with Crippen LogP contribution in [0.2, 0.25) is 0 Å². The van der Waals surface area contributed by atoms with Crippen molar-refractivity contribution in [3.05, 3.63) is 34.4 Å². The van der Waals surface area contributed by atoms with E-state index in [4.69, 9.17) is 5.73 Å². The minimum absolute atomic E-state index is 0.0336. The largest absolute Gasteiger partial charge is 0.368 e. The van der Waals surface area contributed by atoms with Crippen LogP contribution in [-0.4, -0.2) is 24.9 Å². The molecule has 8 heteroatoms. The third-order valence-corrected chi connectivity index (χ3v) is 2.06. The molecular weight excluding hydrogens is 224 g/mol. The standard InChI is InChI=1S/C9H8N6O2/c1-5-8(15(16)17)7(14-9(10)13-5)6-4-11-2-3-12-6/h2-4H,1H3,(H2,10,13,14). The first-order chi connectivity index (χ1) is 8.09. The summed E-state index contributed by atoms with van der Waals surface area (Å²) in [7, 11) is 0. The molecule has 0 bridgehead atoms. The summed E-state index contributed by atoms with van der Waals surface area (Å²) in [5.41, 5.74) is 5.83. The molecule has 2 aromatic rings. The number of nitrogen functional groups attached to an aromatic ring is 1. The first-order valence-electron chi connectivity index (χ1n) is 4.64. The van der Waals surface area contributed by atoms with E-state index in [1.165, 1.54) is 25.5 Å². The molecule has 8 nitrogen and oxygen atoms in total. The third kappa shape index (κ3) is 2.00. The van der Waals surface area contributed by atoms with Gasteiger partial charge in [-0.1, -0.05) is 0 Å². The molecule has 0 aliphatic rings. The first kappa shape index (κ1) is 10.9. The Bertz CT molecular complexity index is 571. The van der Waals surface area contributed by atoms with E-state index in [-0.39, 0.29) is 28.7 Å². The summed E-state index contributed by atoms with van der Waals surface area (Å²) >= 11 is 0. The van der Waals surface area contributed by atoms with Crippen LogP contribution in [-0.2, 0) is 0 Å². The Labute approximate surface area is 95.7 Å². The van der Waals surface area contributed by atoms with Crippen LogP contribution in [0.15, 0.2) is 18.6 Å². The highest BCUT2D eigenvalue weighted by Crippen LogP contribution is 2.28. The Morgan fingerprint density at radius 1 is 1.35 bits per heavy atom. The Kier molecular flexibility index (Phi) is 2.61. The number of nitrogens with zero attached hydrogens (tertiary/aromatic N) is 5. The van der Waals surface area contributed by atoms with E-state index in [0.717, 1.165) is 0 Å². The molecule has 0 saturated carbocycles. The molecule has 86 valence electrons. The van der Waals surface area contributed by atoms with E-state index in [2.05, 4.69) is 19.9 Å². The van der Waals surface area contributed by atoms with Crippen molar-refractivity contribution in [3.8, 4) is 11.4 Å². The van der Waals surface area contributed by atoms with E-state index in [0.29, 0.717) is 0 Å². The Morgan fingerprint density at radius 3 is 2.71 bits per heavy atom. The number of aromatic nitrogens is 4. The predicted octanol–water partition coefficient (Wildman–Crippen LogP) is 0.732. The minimum atomic E-state index is -0.557. The highest BCUT2D eigenvalue weighted by Gasteiger charge is 2.23. The highest BCUT2D eigenvalue weighted by molar-refractivity contribution is 5.68. The monoisotopic (exact) mass is 232 g/mol. The van der Waals surface area contributed by atoms with Gasteiger partial charge in [0.05, 0.1) is 11.1 Å². The minimum Gasteiger partial charge on any atom is -0.368 e. The van der Waals surface area contributed by atoms with Crippen molar-refractivity contribution in [2.24, 2.45) is 0 Å². The molecule has 0 fully saturated rings. The van der Waals surface area contributed by atoms with Crippen molar-refractivity contribution in [1.29, 1.82) is 0 Å². The average molecular weight is 232 g/mol. The maximum absolute atomic E-state index is 11.0. The molecule has 0 aromatic carbocycles. The molecule has 0 saturated heterocycles. The maximum atomic E-state index is 11.0. The summed E-state index contributed by atoms with van der Waals surface area (Å²) in [5.74, 6) is -0.0336. The van der Waals surface area contributed by atoms with Crippen LogP contribution in [0.1, 0.15) is 5.69 Å². The molecule has 2 aromatic heterocycles. The van der Waals surface area contributed by atoms with Gasteiger partial charge in [-0.05, 0) is 6.92 Å². The number of anilines is 1. The van der Waals surface area contributed by atoms with E-state index in [9.17, 15) is 10.1 Å². The highest BCUT2D eigenvalue weighted by atomic mass is 16.6. The summed E-state index contributed by atoms with van der Waals surface area (Å²) in [4.78, 5) is 25.8. The summed E-state index contributed by atoms with van der Waals surface area (Å²) in [6, 6.07) is 0. The molecule has 0 radical (unpaired) electrons. The fourth-order valence-electron chi connectivity index (χ4n) is 1.41. The second kappa shape index (κ2) is 4.08. The van der Waals surface area contributed by atoms with Crippen molar-refractivity contribution in [2.45, 2.75) is 6.92 Å². The topological polar surface area (TPSA) is 121 Å². The van der Waals surface area contributed by atoms with Crippen molar-refractivity contribution < 1.29 is 4.92 Å². The molecule has 0 aliphatic carbocycles. The van der Waals surface area contributed by atoms with Crippen LogP contribution >= 0.6 is 0 Å². The lowest BCUT2D eigenvalue weighted by atomic mass is 10.2. The molecular formula is C9H8N6O2. The fourth-order valence-corrected chi connectivity index (χ4v) is 1.41. The van der Waals surface area contributed by atoms with Gasteiger partial charge >= 0.3 is 5.69 Å². The van der Waals surface area contributed by atoms with Gasteiger partial charge < -0.3 is 5.73 Å². The summed E-state index contributed by atoms with van der Waals surface area (Å²) in [6.07, 6.45) is 4.27. The van der Waals surface area contributed by atoms with Crippen molar-refractivity contribution >= 4 is 11.6 Å². The van der Waals surface area contributed by atoms with Gasteiger partial charge in [-0.2, -0.15) is 0 Å². The van der Waals surface area contributed by atoms with E-state index >= 15 is 0 Å². The van der Waals surface area contributed by atoms with Crippen LogP contribution in [0.3, 0.4) is 0 Å². The number of hydrogen-bond acceptors (Lipinski definition) is 7. The van der Waals surface area contributed by atoms with Gasteiger partial charge in [-0.15, -0.1) is 0 Å². The third-order valence-electron chi connectivity index (χ3n) is 2.06. The molecule has 0 atom stereocenters. The van der Waals surface area contributed by atoms with E-state index < -0.39 is 4.92 Å². The molecule has 0 unspecified atom stereocenters. The quantitative estimate of drug-likeness (QED) is 0.598. The van der Waals surface area contributed by atoms with Crippen LogP contribution in [0.5, 0.6) is 0 Å². The molecule has 2 rings (SSSR count). The second-order valence-corrected chi connectivity index (χ2v) is 3.21. The van der Waals surface area contributed by atoms with Crippen LogP contribution in [0.25, 0.3) is 11.4 Å². The Balaban J connectivity index is 2.72. The number of hydrogen-bond donors (Lipinski definition) is 1. The van der Waals surface area contributed by atoms with Gasteiger partial charge in [0.25, 0.3) is 0 Å². The zero-order valence-corrected chi connectivity index (χ0v) is 8.86. The van der Waals surface area contributed by atoms with Gasteiger partial charge in [-0.25, -0.2) is 9.97 Å². The van der Waals surface area contributed by atoms with Crippen molar-refractivity contribution in [1.82, 2.24) is 19.9 Å². The van der Waals surface area contributed by atoms with Gasteiger partial charge in [0.1, 0.15) is 11.4 Å². The number of nitro groups is 1. The predicted molar refractivity (Wildman–Crippen MR) is 58.9 cm³/mol. The number of nitrogens with two attached hydrogens (primary N) is 1. The zero-order chi connectivity index (χ0) is 12.4. The first-order valence-corrected chi connectivity index (χ1v) is 4.64. The summed E-state index contributed by atoms with van der Waals surface area (Å²) in [6.45, 7) is 1.50. The molecule has 0 spiro atoms. The summed E-state index contributed by atoms with van der Waals surface area (Å²) < 4.78 is 0. The lowest BCUT2D eigenvalue weighted by Crippen LogP contribution is -2.05. The van der Waals surface area contributed by atoms with Gasteiger partial charge in [0.15, 0.2) is 5.69 Å². The molecule has 0 aliphatic heterocycles. The number of rotatable bonds is 2. The van der Waals surface area contributed by atoms with Crippen LogP contribution < -0.4 is 5.73 Å². The molecule has 17 heavy (non-hydrogen) atoms. The summed E-state index contributed by atoms with van der Waals surface area (Å²) in [5, 5.41) is 11.0. The molecule has 0 amide bonds. The van der Waals surface area contributed by atoms with Crippen LogP contribution in [0.4, 0.5) is 11.6 Å². The Morgan fingerprint density at radius 2 is 2.12 bits per heavy atom. The van der Waals surface area contributed by atoms with E-state index in [1.807, 2.05) is 0 Å². The molecule has 2 N–H and O–H groups in total. The maximum Gasteiger partial charge on any atom is 0.318 e. The van der Waals surface area contributed by atoms with Crippen LogP contribution in [0, 0.1) is 17.0 Å². The number of aryl methyl sites for hydroxylation is 1. The lowest BCUT2D eigenvalue weighted by Gasteiger charge is -2.04. The lowest BCUT2D eigenvalue weighted by molar-refractivity contribution is -0.385. The average Bonchev–Trinajstić information content (AvgIpc) is 2.28. The van der Waals surface area contributed by atoms with Crippen molar-refractivity contribution in [2.75, 3.05) is 5.73 Å². The van der Waals surface area contributed by atoms with Crippen molar-refractivity contribution in [3.63, 3.8) is 0 Å². The SMILES string of the molecule is Cc1nc(N)nc(-c2cnccn2)c1[N+](=O)[O-]. The molecule has 2 heterocycles. The Hall–Kier alpha value is -2.64. The van der Waals surface area contributed by atoms with Gasteiger partial charge in [-0.3, -0.25) is 20.1 Å². The van der Waals surface area contributed by atoms with E-state index in [1.54, 1.807) is 0 Å². The van der Waals surface area contributed by atoms with Gasteiger partial charge in [0, 0.05) is 12.4 Å². The normalized spacial score (nSPS) is 10.2. The van der Waals surface area contributed by atoms with Gasteiger partial charge in [0.2, 0.25) is 5.95 Å². The second-order valence-electron chi connectivity index (χ2n) is 3.21. The zero-order valence-electron chi connectivity index (χ0n) is 8.86. The fraction of sp³-hybridized carbons (Fsp3) is 0.111.